The Hall–Kier alpha value is -3.85. The van der Waals surface area contributed by atoms with Gasteiger partial charge in [-0.05, 0) is 69.0 Å². The number of ether oxygens (including phenoxy) is 1. The Labute approximate surface area is 249 Å². The first kappa shape index (κ1) is 31.1. The number of nitrogens with one attached hydrogen (secondary N) is 1. The Morgan fingerprint density at radius 3 is 2.24 bits per heavy atom. The van der Waals surface area contributed by atoms with E-state index >= 15 is 0 Å². The number of sulfonamides is 1. The number of hydrogen-bond donors (Lipinski definition) is 1. The highest BCUT2D eigenvalue weighted by Gasteiger charge is 2.34. The van der Waals surface area contributed by atoms with Crippen molar-refractivity contribution in [3.8, 4) is 5.75 Å². The maximum absolute atomic E-state index is 14.2. The predicted octanol–water partition coefficient (Wildman–Crippen LogP) is 5.37. The summed E-state index contributed by atoms with van der Waals surface area (Å²) in [6, 6.07) is 20.1. The molecule has 42 heavy (non-hydrogen) atoms. The highest BCUT2D eigenvalue weighted by molar-refractivity contribution is 7.92. The Bertz CT molecular complexity index is 1480. The SMILES string of the molecule is COc1ccccc1N(CC(=O)N(Cc1ccccc1C)C(C)C(=O)NC1CCCCC1)S(=O)(=O)c1ccc(C)cc1. The van der Waals surface area contributed by atoms with E-state index in [1.807, 2.05) is 38.1 Å². The molecule has 1 N–H and O–H groups in total. The van der Waals surface area contributed by atoms with Crippen LogP contribution >= 0.6 is 0 Å². The van der Waals surface area contributed by atoms with Gasteiger partial charge in [0.15, 0.2) is 0 Å². The van der Waals surface area contributed by atoms with Crippen LogP contribution in [0, 0.1) is 13.8 Å². The molecule has 0 bridgehead atoms. The number of carbonyl (C=O) groups is 2. The number of carbonyl (C=O) groups excluding carboxylic acids is 2. The first-order valence-corrected chi connectivity index (χ1v) is 15.9. The summed E-state index contributed by atoms with van der Waals surface area (Å²) in [7, 11) is -2.72. The fourth-order valence-corrected chi connectivity index (χ4v) is 6.73. The summed E-state index contributed by atoms with van der Waals surface area (Å²) in [5, 5.41) is 3.13. The number of rotatable bonds is 11. The van der Waals surface area contributed by atoms with Gasteiger partial charge in [-0.3, -0.25) is 13.9 Å². The van der Waals surface area contributed by atoms with Gasteiger partial charge >= 0.3 is 0 Å². The molecule has 224 valence electrons. The lowest BCUT2D eigenvalue weighted by Crippen LogP contribution is -2.53. The molecule has 0 saturated heterocycles. The van der Waals surface area contributed by atoms with Crippen LogP contribution in [0.3, 0.4) is 0 Å². The van der Waals surface area contributed by atoms with Gasteiger partial charge in [0.05, 0.1) is 17.7 Å². The molecule has 1 atom stereocenters. The van der Waals surface area contributed by atoms with Crippen molar-refractivity contribution < 1.29 is 22.7 Å². The lowest BCUT2D eigenvalue weighted by Gasteiger charge is -2.33. The highest BCUT2D eigenvalue weighted by atomic mass is 32.2. The number of nitrogens with zero attached hydrogens (tertiary/aromatic N) is 2. The van der Waals surface area contributed by atoms with Crippen LogP contribution in [0.5, 0.6) is 5.75 Å². The molecule has 1 saturated carbocycles. The molecule has 8 nitrogen and oxygen atoms in total. The zero-order valence-corrected chi connectivity index (χ0v) is 25.7. The van der Waals surface area contributed by atoms with Gasteiger partial charge in [0, 0.05) is 12.6 Å². The van der Waals surface area contributed by atoms with E-state index in [1.165, 1.54) is 24.1 Å². The standard InChI is InChI=1S/C33H41N3O5S/c1-24-18-20-29(21-19-24)42(39,40)36(30-16-10-11-17-31(30)41-4)23-32(37)35(22-27-13-9-8-12-25(27)2)26(3)33(38)34-28-14-6-5-7-15-28/h8-13,16-21,26,28H,5-7,14-15,22-23H2,1-4H3,(H,34,38). The third-order valence-electron chi connectivity index (χ3n) is 7.96. The van der Waals surface area contributed by atoms with Crippen molar-refractivity contribution in [3.05, 3.63) is 89.5 Å². The molecule has 0 aromatic heterocycles. The quantitative estimate of drug-likeness (QED) is 0.323. The van der Waals surface area contributed by atoms with E-state index in [-0.39, 0.29) is 29.1 Å². The monoisotopic (exact) mass is 591 g/mol. The molecule has 9 heteroatoms. The molecule has 1 unspecified atom stereocenters. The number of benzene rings is 3. The first-order valence-electron chi connectivity index (χ1n) is 14.5. The van der Waals surface area contributed by atoms with Gasteiger partial charge < -0.3 is 15.0 Å². The summed E-state index contributed by atoms with van der Waals surface area (Å²) in [5.74, 6) is -0.422. The van der Waals surface area contributed by atoms with Crippen LogP contribution in [0.1, 0.15) is 55.7 Å². The minimum atomic E-state index is -4.18. The van der Waals surface area contributed by atoms with Crippen molar-refractivity contribution >= 4 is 27.5 Å². The third-order valence-corrected chi connectivity index (χ3v) is 9.74. The van der Waals surface area contributed by atoms with E-state index in [2.05, 4.69) is 5.32 Å². The van der Waals surface area contributed by atoms with Crippen LogP contribution in [0.4, 0.5) is 5.69 Å². The van der Waals surface area contributed by atoms with Gasteiger partial charge in [0.25, 0.3) is 10.0 Å². The normalized spacial score (nSPS) is 14.6. The minimum absolute atomic E-state index is 0.0559. The van der Waals surface area contributed by atoms with Gasteiger partial charge in [-0.25, -0.2) is 8.42 Å². The second kappa shape index (κ2) is 13.9. The van der Waals surface area contributed by atoms with Crippen molar-refractivity contribution in [2.45, 2.75) is 76.4 Å². The van der Waals surface area contributed by atoms with Gasteiger partial charge in [0.1, 0.15) is 18.3 Å². The second-order valence-corrected chi connectivity index (χ2v) is 12.8. The van der Waals surface area contributed by atoms with Crippen LogP contribution in [0.15, 0.2) is 77.7 Å². The zero-order valence-electron chi connectivity index (χ0n) is 24.9. The topological polar surface area (TPSA) is 96.0 Å². The average Bonchev–Trinajstić information content (AvgIpc) is 2.99. The maximum Gasteiger partial charge on any atom is 0.264 e. The number of aryl methyl sites for hydroxylation is 2. The van der Waals surface area contributed by atoms with Crippen LogP contribution in [0.2, 0.25) is 0 Å². The van der Waals surface area contributed by atoms with Gasteiger partial charge in [0.2, 0.25) is 11.8 Å². The van der Waals surface area contributed by atoms with Crippen LogP contribution < -0.4 is 14.4 Å². The molecule has 1 aliphatic rings. The van der Waals surface area contributed by atoms with Gasteiger partial charge in [-0.1, -0.05) is 73.4 Å². The molecule has 1 aliphatic carbocycles. The lowest BCUT2D eigenvalue weighted by atomic mass is 9.95. The lowest BCUT2D eigenvalue weighted by molar-refractivity contribution is -0.139. The van der Waals surface area contributed by atoms with Crippen molar-refractivity contribution in [2.75, 3.05) is 18.0 Å². The highest BCUT2D eigenvalue weighted by Crippen LogP contribution is 2.32. The smallest absolute Gasteiger partial charge is 0.264 e. The number of anilines is 1. The van der Waals surface area contributed by atoms with Crippen molar-refractivity contribution in [1.29, 1.82) is 0 Å². The third kappa shape index (κ3) is 7.31. The molecule has 3 aromatic rings. The average molecular weight is 592 g/mol. The molecule has 2 amide bonds. The van der Waals surface area contributed by atoms with Gasteiger partial charge in [-0.15, -0.1) is 0 Å². The fraction of sp³-hybridized carbons (Fsp3) is 0.394. The first-order chi connectivity index (χ1) is 20.1. The van der Waals surface area contributed by atoms with E-state index in [1.54, 1.807) is 43.3 Å². The summed E-state index contributed by atoms with van der Waals surface area (Å²) >= 11 is 0. The minimum Gasteiger partial charge on any atom is -0.495 e. The summed E-state index contributed by atoms with van der Waals surface area (Å²) < 4.78 is 34.7. The van der Waals surface area contributed by atoms with E-state index < -0.39 is 28.5 Å². The maximum atomic E-state index is 14.2. The Morgan fingerprint density at radius 1 is 0.929 bits per heavy atom. The largest absolute Gasteiger partial charge is 0.495 e. The van der Waals surface area contributed by atoms with Crippen LogP contribution in [-0.2, 0) is 26.2 Å². The Balaban J connectivity index is 1.71. The van der Waals surface area contributed by atoms with Crippen molar-refractivity contribution in [3.63, 3.8) is 0 Å². The zero-order chi connectivity index (χ0) is 30.3. The summed E-state index contributed by atoms with van der Waals surface area (Å²) in [6.07, 6.45) is 5.13. The van der Waals surface area contributed by atoms with Crippen molar-refractivity contribution in [1.82, 2.24) is 10.2 Å². The second-order valence-electron chi connectivity index (χ2n) is 11.0. The predicted molar refractivity (Wildman–Crippen MR) is 165 cm³/mol. The molecule has 4 rings (SSSR count). The van der Waals surface area contributed by atoms with Crippen LogP contribution in [0.25, 0.3) is 0 Å². The fourth-order valence-electron chi connectivity index (χ4n) is 5.31. The van der Waals surface area contributed by atoms with E-state index in [0.717, 1.165) is 53.1 Å². The summed E-state index contributed by atoms with van der Waals surface area (Å²) in [4.78, 5) is 29.2. The number of hydrogen-bond acceptors (Lipinski definition) is 5. The molecule has 3 aromatic carbocycles. The van der Waals surface area contributed by atoms with Crippen molar-refractivity contribution in [2.24, 2.45) is 0 Å². The van der Waals surface area contributed by atoms with E-state index in [4.69, 9.17) is 4.74 Å². The molecule has 1 fully saturated rings. The summed E-state index contributed by atoms with van der Waals surface area (Å²) in [5.41, 5.74) is 3.01. The van der Waals surface area contributed by atoms with E-state index in [9.17, 15) is 18.0 Å². The number of methoxy groups -OCH3 is 1. The van der Waals surface area contributed by atoms with Gasteiger partial charge in [-0.2, -0.15) is 0 Å². The van der Waals surface area contributed by atoms with Crippen LogP contribution in [-0.4, -0.2) is 50.9 Å². The Kier molecular flexibility index (Phi) is 10.3. The number of amides is 2. The molecule has 0 heterocycles. The van der Waals surface area contributed by atoms with E-state index in [0.29, 0.717) is 5.75 Å². The molecule has 0 aliphatic heterocycles. The summed E-state index contributed by atoms with van der Waals surface area (Å²) in [6.45, 7) is 5.18. The Morgan fingerprint density at radius 2 is 1.57 bits per heavy atom. The molecular weight excluding hydrogens is 550 g/mol. The molecule has 0 radical (unpaired) electrons. The number of para-hydroxylation sites is 2. The molecular formula is C33H41N3O5S. The molecule has 0 spiro atoms.